The Kier molecular flexibility index (Phi) is 6.85. The fourth-order valence-corrected chi connectivity index (χ4v) is 4.01. The van der Waals surface area contributed by atoms with Crippen LogP contribution >= 0.6 is 22.9 Å². The summed E-state index contributed by atoms with van der Waals surface area (Å²) >= 11 is 7.47. The van der Waals surface area contributed by atoms with Crippen LogP contribution in [-0.4, -0.2) is 42.6 Å². The Morgan fingerprint density at radius 2 is 2.32 bits per heavy atom. The van der Waals surface area contributed by atoms with Crippen molar-refractivity contribution in [2.75, 3.05) is 29.5 Å². The molecule has 1 atom stereocenters. The number of benzene rings is 1. The molecule has 0 aliphatic carbocycles. The van der Waals surface area contributed by atoms with E-state index in [9.17, 15) is 9.59 Å². The molecular formula is C19H19ClN4O3S. The van der Waals surface area contributed by atoms with Crippen LogP contribution in [0, 0.1) is 11.3 Å². The smallest absolute Gasteiger partial charge is 0.329 e. The van der Waals surface area contributed by atoms with Crippen molar-refractivity contribution in [3.63, 3.8) is 0 Å². The molecule has 3 rings (SSSR count). The average molecular weight is 419 g/mol. The summed E-state index contributed by atoms with van der Waals surface area (Å²) < 4.78 is 5.32. The summed E-state index contributed by atoms with van der Waals surface area (Å²) in [6, 6.07) is 8.38. The van der Waals surface area contributed by atoms with E-state index in [1.54, 1.807) is 30.5 Å². The Bertz CT molecular complexity index is 868. The monoisotopic (exact) mass is 418 g/mol. The van der Waals surface area contributed by atoms with E-state index in [1.807, 2.05) is 16.3 Å². The Balaban J connectivity index is 1.63. The van der Waals surface area contributed by atoms with Crippen LogP contribution in [0.1, 0.15) is 19.3 Å². The van der Waals surface area contributed by atoms with Crippen LogP contribution in [0.2, 0.25) is 5.02 Å². The molecular weight excluding hydrogens is 400 g/mol. The lowest BCUT2D eigenvalue weighted by molar-refractivity contribution is -0.149. The van der Waals surface area contributed by atoms with Crippen LogP contribution in [-0.2, 0) is 14.3 Å². The molecule has 0 radical (unpaired) electrons. The van der Waals surface area contributed by atoms with Crippen LogP contribution < -0.4 is 9.80 Å². The van der Waals surface area contributed by atoms with Gasteiger partial charge in [0.05, 0.1) is 12.5 Å². The predicted molar refractivity (Wildman–Crippen MR) is 107 cm³/mol. The minimum absolute atomic E-state index is 0.159. The highest BCUT2D eigenvalue weighted by Crippen LogP contribution is 2.28. The lowest BCUT2D eigenvalue weighted by Crippen LogP contribution is -2.40. The van der Waals surface area contributed by atoms with E-state index in [4.69, 9.17) is 21.6 Å². The summed E-state index contributed by atoms with van der Waals surface area (Å²) in [7, 11) is 0. The number of nitriles is 1. The minimum atomic E-state index is -0.438. The van der Waals surface area contributed by atoms with E-state index >= 15 is 0 Å². The molecule has 1 amide bonds. The fourth-order valence-electron chi connectivity index (χ4n) is 3.11. The highest BCUT2D eigenvalue weighted by molar-refractivity contribution is 7.13. The molecule has 1 aromatic carbocycles. The maximum absolute atomic E-state index is 12.7. The van der Waals surface area contributed by atoms with Gasteiger partial charge in [-0.1, -0.05) is 17.7 Å². The van der Waals surface area contributed by atoms with Gasteiger partial charge in [0.25, 0.3) is 5.91 Å². The number of hydrogen-bond acceptors (Lipinski definition) is 7. The van der Waals surface area contributed by atoms with E-state index < -0.39 is 17.9 Å². The second-order valence-electron chi connectivity index (χ2n) is 6.21. The lowest BCUT2D eigenvalue weighted by Gasteiger charge is -2.24. The fraction of sp³-hybridized carbons (Fsp3) is 0.368. The first kappa shape index (κ1) is 20.1. The number of ether oxygens (including phenoxy) is 1. The molecule has 2 aromatic rings. The van der Waals surface area contributed by atoms with Gasteiger partial charge in [-0.05, 0) is 31.0 Å². The van der Waals surface area contributed by atoms with Crippen molar-refractivity contribution < 1.29 is 14.3 Å². The zero-order chi connectivity index (χ0) is 19.9. The number of carbonyl (C=O) groups is 2. The molecule has 9 heteroatoms. The van der Waals surface area contributed by atoms with Crippen molar-refractivity contribution in [1.29, 1.82) is 5.26 Å². The van der Waals surface area contributed by atoms with Crippen LogP contribution in [0.25, 0.3) is 0 Å². The maximum atomic E-state index is 12.7. The molecule has 0 saturated carbocycles. The number of carbonyl (C=O) groups excluding carboxylic acids is 2. The van der Waals surface area contributed by atoms with Crippen molar-refractivity contribution in [1.82, 2.24) is 4.98 Å². The third-order valence-electron chi connectivity index (χ3n) is 4.40. The Hall–Kier alpha value is -2.63. The quantitative estimate of drug-likeness (QED) is 0.641. The van der Waals surface area contributed by atoms with Gasteiger partial charge in [0.2, 0.25) is 0 Å². The van der Waals surface area contributed by atoms with Gasteiger partial charge < -0.3 is 14.5 Å². The second kappa shape index (κ2) is 9.53. The molecule has 1 aliphatic heterocycles. The number of aromatic nitrogens is 1. The Morgan fingerprint density at radius 3 is 3.04 bits per heavy atom. The van der Waals surface area contributed by atoms with Gasteiger partial charge >= 0.3 is 5.97 Å². The molecule has 1 saturated heterocycles. The summed E-state index contributed by atoms with van der Waals surface area (Å²) in [4.78, 5) is 32.8. The Morgan fingerprint density at radius 1 is 1.46 bits per heavy atom. The lowest BCUT2D eigenvalue weighted by atomic mass is 10.2. The van der Waals surface area contributed by atoms with E-state index in [2.05, 4.69) is 4.98 Å². The largest absolute Gasteiger partial charge is 0.454 e. The number of anilines is 2. The first-order chi connectivity index (χ1) is 13.6. The van der Waals surface area contributed by atoms with E-state index in [-0.39, 0.29) is 19.6 Å². The first-order valence-corrected chi connectivity index (χ1v) is 10.1. The zero-order valence-corrected chi connectivity index (χ0v) is 16.7. The highest BCUT2D eigenvalue weighted by atomic mass is 35.5. The minimum Gasteiger partial charge on any atom is -0.454 e. The van der Waals surface area contributed by atoms with Gasteiger partial charge in [-0.25, -0.2) is 9.78 Å². The second-order valence-corrected chi connectivity index (χ2v) is 7.52. The van der Waals surface area contributed by atoms with Gasteiger partial charge in [-0.2, -0.15) is 5.26 Å². The Labute approximate surface area is 172 Å². The van der Waals surface area contributed by atoms with Crippen molar-refractivity contribution in [2.24, 2.45) is 0 Å². The molecule has 0 bridgehead atoms. The van der Waals surface area contributed by atoms with Crippen LogP contribution in [0.5, 0.6) is 0 Å². The molecule has 1 fully saturated rings. The molecule has 1 aromatic heterocycles. The van der Waals surface area contributed by atoms with Gasteiger partial charge in [-0.3, -0.25) is 4.79 Å². The first-order valence-electron chi connectivity index (χ1n) is 8.86. The van der Waals surface area contributed by atoms with Crippen LogP contribution in [0.4, 0.5) is 10.8 Å². The molecule has 0 unspecified atom stereocenters. The maximum Gasteiger partial charge on any atom is 0.329 e. The number of esters is 1. The van der Waals surface area contributed by atoms with Crippen molar-refractivity contribution >= 4 is 45.6 Å². The summed E-state index contributed by atoms with van der Waals surface area (Å²) in [5, 5.41) is 12.0. The molecule has 7 nitrogen and oxygen atoms in total. The standard InChI is InChI=1S/C19H19ClN4O3S/c20-14-4-1-5-15(12-14)23(10-3-7-21)17(25)13-27-18(26)16-6-2-9-24(16)19-22-8-11-28-19/h1,4-5,8,11-12,16H,2-3,6,9-10,13H2/t16-/m1/s1. The summed E-state index contributed by atoms with van der Waals surface area (Å²) in [5.74, 6) is -0.836. The van der Waals surface area contributed by atoms with Crippen LogP contribution in [0.3, 0.4) is 0 Å². The molecule has 0 spiro atoms. The summed E-state index contributed by atoms with van der Waals surface area (Å²) in [6.07, 6.45) is 3.39. The van der Waals surface area contributed by atoms with Gasteiger partial charge in [-0.15, -0.1) is 11.3 Å². The zero-order valence-electron chi connectivity index (χ0n) is 15.1. The third kappa shape index (κ3) is 4.80. The molecule has 1 aliphatic rings. The summed E-state index contributed by atoms with van der Waals surface area (Å²) in [5.41, 5.74) is 0.564. The van der Waals surface area contributed by atoms with Crippen LogP contribution in [0.15, 0.2) is 35.8 Å². The van der Waals surface area contributed by atoms with Crippen molar-refractivity contribution in [2.45, 2.75) is 25.3 Å². The number of rotatable bonds is 7. The van der Waals surface area contributed by atoms with E-state index in [1.165, 1.54) is 16.2 Å². The number of amides is 1. The number of thiazole rings is 1. The predicted octanol–water partition coefficient (Wildman–Crippen LogP) is 3.26. The van der Waals surface area contributed by atoms with Gasteiger partial charge in [0, 0.05) is 35.4 Å². The van der Waals surface area contributed by atoms with Gasteiger partial charge in [0.1, 0.15) is 6.04 Å². The molecule has 0 N–H and O–H groups in total. The van der Waals surface area contributed by atoms with E-state index in [0.29, 0.717) is 17.1 Å². The molecule has 146 valence electrons. The number of hydrogen-bond donors (Lipinski definition) is 0. The molecule has 28 heavy (non-hydrogen) atoms. The topological polar surface area (TPSA) is 86.5 Å². The highest BCUT2D eigenvalue weighted by Gasteiger charge is 2.34. The average Bonchev–Trinajstić information content (AvgIpc) is 3.37. The van der Waals surface area contributed by atoms with E-state index in [0.717, 1.165) is 18.1 Å². The normalized spacial score (nSPS) is 15.9. The van der Waals surface area contributed by atoms with Crippen molar-refractivity contribution in [3.8, 4) is 6.07 Å². The molecule has 2 heterocycles. The van der Waals surface area contributed by atoms with Crippen molar-refractivity contribution in [3.05, 3.63) is 40.9 Å². The SMILES string of the molecule is N#CCCN(C(=O)COC(=O)[C@H]1CCCN1c1nccs1)c1cccc(Cl)c1. The number of nitrogens with zero attached hydrogens (tertiary/aromatic N) is 4. The summed E-state index contributed by atoms with van der Waals surface area (Å²) in [6.45, 7) is 0.541. The number of halogens is 1. The third-order valence-corrected chi connectivity index (χ3v) is 5.44. The van der Waals surface area contributed by atoms with Gasteiger partial charge in [0.15, 0.2) is 11.7 Å².